The van der Waals surface area contributed by atoms with Gasteiger partial charge in [0, 0.05) is 11.9 Å². The number of aliphatic hydroxyl groups excluding tert-OH is 1. The Labute approximate surface area is 102 Å². The van der Waals surface area contributed by atoms with Crippen LogP contribution in [-0.4, -0.2) is 41.2 Å². The molecule has 0 aliphatic heterocycles. The third-order valence-electron chi connectivity index (χ3n) is 2.85. The number of likely N-dealkylation sites (N-methyl/N-ethyl adjacent to an activating group) is 1. The lowest BCUT2D eigenvalue weighted by molar-refractivity contribution is -0.123. The molecular weight excluding hydrogens is 224 g/mol. The van der Waals surface area contributed by atoms with Crippen molar-refractivity contribution >= 4 is 17.7 Å². The fourth-order valence-electron chi connectivity index (χ4n) is 1.35. The van der Waals surface area contributed by atoms with Gasteiger partial charge in [-0.25, -0.2) is 0 Å². The Morgan fingerprint density at radius 2 is 2.25 bits per heavy atom. The van der Waals surface area contributed by atoms with Gasteiger partial charge in [0.15, 0.2) is 0 Å². The summed E-state index contributed by atoms with van der Waals surface area (Å²) in [5.74, 6) is 0.689. The molecule has 4 N–H and O–H groups in total. The number of aliphatic hydroxyl groups is 1. The van der Waals surface area contributed by atoms with Crippen molar-refractivity contribution in [1.82, 2.24) is 5.32 Å². The maximum Gasteiger partial charge on any atom is 0.237 e. The first kappa shape index (κ1) is 15.7. The zero-order valence-electron chi connectivity index (χ0n) is 10.5. The van der Waals surface area contributed by atoms with Crippen molar-refractivity contribution in [2.45, 2.75) is 43.9 Å². The van der Waals surface area contributed by atoms with Gasteiger partial charge in [-0.2, -0.15) is 11.8 Å². The summed E-state index contributed by atoms with van der Waals surface area (Å²) in [6.07, 6.45) is 2.52. The Hall–Kier alpha value is -0.260. The number of nitrogens with two attached hydrogens (primary N) is 1. The van der Waals surface area contributed by atoms with Gasteiger partial charge in [-0.3, -0.25) is 4.79 Å². The van der Waals surface area contributed by atoms with Crippen LogP contribution < -0.4 is 11.1 Å². The van der Waals surface area contributed by atoms with Gasteiger partial charge in [0.2, 0.25) is 5.91 Å². The molecule has 96 valence electrons. The molecule has 0 rings (SSSR count). The molecule has 0 aromatic carbocycles. The molecule has 0 radical (unpaired) electrons. The van der Waals surface area contributed by atoms with Gasteiger partial charge in [0.25, 0.3) is 0 Å². The quantitative estimate of drug-likeness (QED) is 0.526. The summed E-state index contributed by atoms with van der Waals surface area (Å²) >= 11 is 1.82. The number of rotatable bonds is 9. The van der Waals surface area contributed by atoms with Gasteiger partial charge >= 0.3 is 0 Å². The maximum absolute atomic E-state index is 11.2. The first-order valence-electron chi connectivity index (χ1n) is 5.67. The monoisotopic (exact) mass is 248 g/mol. The predicted octanol–water partition coefficient (Wildman–Crippen LogP) is 0.734. The van der Waals surface area contributed by atoms with E-state index in [-0.39, 0.29) is 12.5 Å². The summed E-state index contributed by atoms with van der Waals surface area (Å²) < 4.78 is 0. The van der Waals surface area contributed by atoms with Gasteiger partial charge in [-0.1, -0.05) is 6.92 Å². The minimum absolute atomic E-state index is 0.240. The number of carbonyl (C=O) groups is 1. The Kier molecular flexibility index (Phi) is 7.80. The zero-order chi connectivity index (χ0) is 12.6. The normalized spacial score (nSPS) is 16.8. The summed E-state index contributed by atoms with van der Waals surface area (Å²) in [5.41, 5.74) is 4.73. The number of thioether (sulfide) groups is 1. The Morgan fingerprint density at radius 1 is 1.62 bits per heavy atom. The topological polar surface area (TPSA) is 75.3 Å². The van der Waals surface area contributed by atoms with Crippen LogP contribution in [0.2, 0.25) is 0 Å². The molecule has 2 unspecified atom stereocenters. The first-order valence-corrected chi connectivity index (χ1v) is 6.72. The highest BCUT2D eigenvalue weighted by atomic mass is 32.2. The molecule has 2 atom stereocenters. The molecule has 0 bridgehead atoms. The molecule has 0 heterocycles. The van der Waals surface area contributed by atoms with Crippen molar-refractivity contribution in [3.8, 4) is 0 Å². The van der Waals surface area contributed by atoms with Gasteiger partial charge in [-0.05, 0) is 39.0 Å². The third kappa shape index (κ3) is 5.72. The van der Waals surface area contributed by atoms with Crippen LogP contribution >= 0.6 is 11.8 Å². The first-order chi connectivity index (χ1) is 7.46. The summed E-state index contributed by atoms with van der Waals surface area (Å²) in [7, 11) is 1.76. The van der Waals surface area contributed by atoms with Gasteiger partial charge in [0.05, 0.1) is 5.54 Å². The largest absolute Gasteiger partial charge is 0.396 e. The van der Waals surface area contributed by atoms with E-state index in [4.69, 9.17) is 10.8 Å². The second-order valence-electron chi connectivity index (χ2n) is 4.24. The minimum Gasteiger partial charge on any atom is -0.396 e. The molecule has 4 nitrogen and oxygen atoms in total. The van der Waals surface area contributed by atoms with Crippen LogP contribution in [0.5, 0.6) is 0 Å². The maximum atomic E-state index is 11.2. The van der Waals surface area contributed by atoms with Crippen LogP contribution in [-0.2, 0) is 4.79 Å². The van der Waals surface area contributed by atoms with Crippen molar-refractivity contribution < 1.29 is 9.90 Å². The summed E-state index contributed by atoms with van der Waals surface area (Å²) in [6.45, 7) is 4.17. The van der Waals surface area contributed by atoms with Crippen molar-refractivity contribution in [2.24, 2.45) is 5.73 Å². The average molecular weight is 248 g/mol. The molecular formula is C11H24N2O2S. The summed E-state index contributed by atoms with van der Waals surface area (Å²) in [5, 5.41) is 12.2. The van der Waals surface area contributed by atoms with Crippen LogP contribution in [0, 0.1) is 0 Å². The molecule has 0 aliphatic carbocycles. The van der Waals surface area contributed by atoms with Gasteiger partial charge < -0.3 is 16.2 Å². The highest BCUT2D eigenvalue weighted by Crippen LogP contribution is 2.18. The smallest absolute Gasteiger partial charge is 0.237 e. The Bertz CT molecular complexity index is 214. The summed E-state index contributed by atoms with van der Waals surface area (Å²) in [4.78, 5) is 11.2. The molecule has 16 heavy (non-hydrogen) atoms. The molecule has 0 saturated heterocycles. The zero-order valence-corrected chi connectivity index (χ0v) is 11.3. The van der Waals surface area contributed by atoms with Gasteiger partial charge in [-0.15, -0.1) is 0 Å². The lowest BCUT2D eigenvalue weighted by Crippen LogP contribution is -2.51. The van der Waals surface area contributed by atoms with Crippen molar-refractivity contribution in [1.29, 1.82) is 0 Å². The number of amides is 1. The number of hydrogen-bond acceptors (Lipinski definition) is 4. The van der Waals surface area contributed by atoms with E-state index >= 15 is 0 Å². The number of primary amides is 1. The van der Waals surface area contributed by atoms with Crippen molar-refractivity contribution in [2.75, 3.05) is 19.4 Å². The molecule has 0 aromatic heterocycles. The van der Waals surface area contributed by atoms with E-state index in [1.54, 1.807) is 7.05 Å². The van der Waals surface area contributed by atoms with E-state index in [2.05, 4.69) is 12.2 Å². The standard InChI is InChI=1S/C11H24N2O2S/c1-9(5-7-14)16-8-4-6-11(2,13-3)10(12)15/h9,13-14H,4-8H2,1-3H3,(H2,12,15). The lowest BCUT2D eigenvalue weighted by atomic mass is 9.96. The highest BCUT2D eigenvalue weighted by molar-refractivity contribution is 7.99. The van der Waals surface area contributed by atoms with Crippen molar-refractivity contribution in [3.05, 3.63) is 0 Å². The van der Waals surface area contributed by atoms with Crippen molar-refractivity contribution in [3.63, 3.8) is 0 Å². The van der Waals surface area contributed by atoms with Gasteiger partial charge in [0.1, 0.15) is 0 Å². The number of nitrogens with one attached hydrogen (secondary N) is 1. The second-order valence-corrected chi connectivity index (χ2v) is 5.79. The molecule has 0 saturated carbocycles. The number of hydrogen-bond donors (Lipinski definition) is 3. The lowest BCUT2D eigenvalue weighted by Gasteiger charge is -2.25. The predicted molar refractivity (Wildman–Crippen MR) is 69.5 cm³/mol. The van der Waals surface area contributed by atoms with Crippen LogP contribution in [0.1, 0.15) is 33.1 Å². The average Bonchev–Trinajstić information content (AvgIpc) is 2.24. The van der Waals surface area contributed by atoms with Crippen LogP contribution in [0.15, 0.2) is 0 Å². The Balaban J connectivity index is 3.76. The molecule has 0 aromatic rings. The van der Waals surface area contributed by atoms with E-state index < -0.39 is 5.54 Å². The fourth-order valence-corrected chi connectivity index (χ4v) is 2.33. The summed E-state index contributed by atoms with van der Waals surface area (Å²) in [6, 6.07) is 0. The Morgan fingerprint density at radius 3 is 2.69 bits per heavy atom. The third-order valence-corrected chi connectivity index (χ3v) is 4.18. The van der Waals surface area contributed by atoms with Crippen LogP contribution in [0.3, 0.4) is 0 Å². The van der Waals surface area contributed by atoms with Crippen LogP contribution in [0.25, 0.3) is 0 Å². The van der Waals surface area contributed by atoms with E-state index in [9.17, 15) is 4.79 Å². The fraction of sp³-hybridized carbons (Fsp3) is 0.909. The highest BCUT2D eigenvalue weighted by Gasteiger charge is 2.27. The number of carbonyl (C=O) groups excluding carboxylic acids is 1. The molecule has 5 heteroatoms. The SMILES string of the molecule is CNC(C)(CCCSC(C)CCO)C(N)=O. The molecule has 0 aliphatic rings. The van der Waals surface area contributed by atoms with E-state index in [0.29, 0.717) is 5.25 Å². The molecule has 0 spiro atoms. The van der Waals surface area contributed by atoms with E-state index in [1.807, 2.05) is 18.7 Å². The molecule has 0 fully saturated rings. The van der Waals surface area contributed by atoms with E-state index in [0.717, 1.165) is 25.0 Å². The van der Waals surface area contributed by atoms with Crippen LogP contribution in [0.4, 0.5) is 0 Å². The second kappa shape index (κ2) is 7.92. The van der Waals surface area contributed by atoms with E-state index in [1.165, 1.54) is 0 Å². The minimum atomic E-state index is -0.596. The molecule has 1 amide bonds.